The van der Waals surface area contributed by atoms with E-state index >= 15 is 0 Å². The van der Waals surface area contributed by atoms with Gasteiger partial charge < -0.3 is 31.7 Å². The molecule has 2 unspecified atom stereocenters. The summed E-state index contributed by atoms with van der Waals surface area (Å²) in [6.45, 7) is 0.207. The second-order valence-corrected chi connectivity index (χ2v) is 12.9. The molecule has 1 saturated heterocycles. The Hall–Kier alpha value is -4.66. The molecule has 0 bridgehead atoms. The number of benzene rings is 1. The monoisotopic (exact) mass is 689 g/mol. The average molecular weight is 690 g/mol. The zero-order chi connectivity index (χ0) is 33.0. The molecule has 4 amide bonds. The smallest absolute Gasteiger partial charge is 0.352 e. The predicted molar refractivity (Wildman–Crippen MR) is 168 cm³/mol. The summed E-state index contributed by atoms with van der Waals surface area (Å²) in [6.07, 6.45) is 2.82. The lowest BCUT2D eigenvalue weighted by atomic mass is 10.00. The number of nitrogens with two attached hydrogens (primary N) is 1. The van der Waals surface area contributed by atoms with Crippen LogP contribution >= 0.6 is 35.1 Å². The van der Waals surface area contributed by atoms with Crippen LogP contribution in [0, 0.1) is 0 Å². The summed E-state index contributed by atoms with van der Waals surface area (Å²) in [6, 6.07) is 1.28. The molecule has 46 heavy (non-hydrogen) atoms. The molecule has 2 aliphatic rings. The van der Waals surface area contributed by atoms with Crippen LogP contribution < -0.4 is 26.8 Å². The number of β-lactam (4-membered cyclic amide) rings is 1. The average Bonchev–Trinajstić information content (AvgIpc) is 3.55. The first-order chi connectivity index (χ1) is 22.1. The van der Waals surface area contributed by atoms with E-state index in [0.717, 1.165) is 22.6 Å². The number of carboxylic acids is 1. The highest BCUT2D eigenvalue weighted by Gasteiger charge is 2.54. The molecule has 4 heterocycles. The van der Waals surface area contributed by atoms with E-state index in [1.165, 1.54) is 54.1 Å². The van der Waals surface area contributed by atoms with E-state index in [-0.39, 0.29) is 46.8 Å². The summed E-state index contributed by atoms with van der Waals surface area (Å²) in [7, 11) is 0. The number of phenols is 1. The zero-order valence-electron chi connectivity index (χ0n) is 23.7. The molecule has 0 radical (unpaired) electrons. The van der Waals surface area contributed by atoms with Gasteiger partial charge in [-0.15, -0.1) is 11.8 Å². The number of aliphatic carboxylic acids is 1. The van der Waals surface area contributed by atoms with E-state index in [1.54, 1.807) is 0 Å². The number of anilines is 2. The van der Waals surface area contributed by atoms with Crippen LogP contribution in [-0.2, 0) is 14.4 Å². The molecular weight excluding hydrogens is 663 g/mol. The maximum Gasteiger partial charge on any atom is 0.352 e. The Morgan fingerprint density at radius 2 is 1.98 bits per heavy atom. The number of nitrogens with zero attached hydrogens (tertiary/aromatic N) is 5. The minimum absolute atomic E-state index is 0.0510. The lowest BCUT2D eigenvalue weighted by Gasteiger charge is -2.49. The number of rotatable bonds is 13. The Labute approximate surface area is 272 Å². The molecule has 1 aromatic carbocycles. The summed E-state index contributed by atoms with van der Waals surface area (Å²) >= 11 is 3.72. The van der Waals surface area contributed by atoms with Crippen molar-refractivity contribution in [2.45, 2.75) is 28.2 Å². The number of amides is 4. The Bertz CT molecular complexity index is 1720. The molecule has 20 heteroatoms. The van der Waals surface area contributed by atoms with Crippen LogP contribution in [-0.4, -0.2) is 99.4 Å². The number of fused-ring (bicyclic) bond motifs is 1. The number of nitrogens with one attached hydrogen (secondary N) is 3. The van der Waals surface area contributed by atoms with Gasteiger partial charge in [-0.25, -0.2) is 19.6 Å². The van der Waals surface area contributed by atoms with Crippen molar-refractivity contribution in [3.05, 3.63) is 64.0 Å². The van der Waals surface area contributed by atoms with Gasteiger partial charge in [0.05, 0.1) is 6.20 Å². The fourth-order valence-electron chi connectivity index (χ4n) is 4.80. The lowest BCUT2D eigenvalue weighted by Crippen LogP contribution is -2.71. The van der Waals surface area contributed by atoms with E-state index in [2.05, 4.69) is 30.0 Å². The van der Waals surface area contributed by atoms with Crippen LogP contribution in [0.15, 0.2) is 57.2 Å². The fourth-order valence-corrected chi connectivity index (χ4v) is 7.73. The minimum atomic E-state index is -1.60. The van der Waals surface area contributed by atoms with E-state index in [0.29, 0.717) is 27.8 Å². The van der Waals surface area contributed by atoms with Gasteiger partial charge in [0.15, 0.2) is 4.34 Å². The number of thioether (sulfide) groups is 2. The largest absolute Gasteiger partial charge is 0.508 e. The number of phenolic OH excluding ortho intramolecular Hbond substituents is 1. The van der Waals surface area contributed by atoms with Crippen LogP contribution in [0.5, 0.6) is 5.75 Å². The first kappa shape index (κ1) is 32.7. The standard InChI is InChI=1S/C26H27N9O8S3/c27-24(43)34(15-8-29-25(33-19(15)38)28-6-1-7-36)17(12-2-4-14(37)5-3-12)20(39)32-16-21(40)35-18(23(41)42)13(9-44-22(16)35)10-45-26-30-11-31-46-26/h2-5,8,11,16-17,22,36-37H,1,6-7,9-10H2,(H2,27,43)(H,32,39)(H,41,42)(H2,28,29,33,38)/t16?,17?,22-/m0/s1. The summed E-state index contributed by atoms with van der Waals surface area (Å²) in [5.41, 5.74) is 4.97. The predicted octanol–water partition coefficient (Wildman–Crippen LogP) is 0.279. The van der Waals surface area contributed by atoms with Crippen LogP contribution in [0.2, 0.25) is 0 Å². The number of aromatic nitrogens is 4. The van der Waals surface area contributed by atoms with Crippen molar-refractivity contribution in [3.63, 3.8) is 0 Å². The molecule has 5 rings (SSSR count). The highest BCUT2D eigenvalue weighted by atomic mass is 32.2. The molecule has 3 atom stereocenters. The molecule has 8 N–H and O–H groups in total. The summed E-state index contributed by atoms with van der Waals surface area (Å²) in [4.78, 5) is 77.9. The molecule has 0 saturated carbocycles. The molecule has 3 aromatic rings. The van der Waals surface area contributed by atoms with Gasteiger partial charge in [-0.2, -0.15) is 4.37 Å². The zero-order valence-corrected chi connectivity index (χ0v) is 26.1. The number of carbonyl (C=O) groups excluding carboxylic acids is 3. The van der Waals surface area contributed by atoms with E-state index in [9.17, 15) is 34.2 Å². The number of aliphatic hydroxyl groups is 1. The maximum atomic E-state index is 13.9. The molecule has 0 aliphatic carbocycles. The Kier molecular flexibility index (Phi) is 10.1. The first-order valence-electron chi connectivity index (χ1n) is 13.5. The van der Waals surface area contributed by atoms with Crippen LogP contribution in [0.25, 0.3) is 0 Å². The van der Waals surface area contributed by atoms with E-state index in [1.807, 2.05) is 0 Å². The Balaban J connectivity index is 1.41. The summed E-state index contributed by atoms with van der Waals surface area (Å²) < 4.78 is 4.57. The third kappa shape index (κ3) is 6.78. The normalized spacial score (nSPS) is 17.9. The number of hydrogen-bond acceptors (Lipinski definition) is 14. The van der Waals surface area contributed by atoms with Gasteiger partial charge in [-0.1, -0.05) is 23.9 Å². The highest BCUT2D eigenvalue weighted by Crippen LogP contribution is 2.42. The molecule has 1 fully saturated rings. The van der Waals surface area contributed by atoms with Crippen LogP contribution in [0.1, 0.15) is 18.0 Å². The summed E-state index contributed by atoms with van der Waals surface area (Å²) in [5.74, 6) is -2.41. The molecule has 17 nitrogen and oxygen atoms in total. The topological polar surface area (TPSA) is 257 Å². The van der Waals surface area contributed by atoms with Crippen LogP contribution in [0.3, 0.4) is 0 Å². The SMILES string of the molecule is NC(=O)N(c1cnc(NCCCO)[nH]c1=O)C(C(=O)NC1C(=O)N2C(C(=O)O)=C(CSc3ncns3)CS[C@@H]12)c1ccc(O)cc1. The van der Waals surface area contributed by atoms with E-state index < -0.39 is 46.8 Å². The van der Waals surface area contributed by atoms with Gasteiger partial charge in [0.2, 0.25) is 11.9 Å². The molecule has 242 valence electrons. The second-order valence-electron chi connectivity index (χ2n) is 9.80. The van der Waals surface area contributed by atoms with Crippen molar-refractivity contribution < 1.29 is 34.5 Å². The van der Waals surface area contributed by atoms with Crippen molar-refractivity contribution in [2.24, 2.45) is 5.73 Å². The van der Waals surface area contributed by atoms with Crippen molar-refractivity contribution in [1.82, 2.24) is 29.5 Å². The number of hydrogen-bond donors (Lipinski definition) is 7. The first-order valence-corrected chi connectivity index (χ1v) is 16.3. The lowest BCUT2D eigenvalue weighted by molar-refractivity contribution is -0.150. The van der Waals surface area contributed by atoms with Gasteiger partial charge in [-0.3, -0.25) is 29.2 Å². The molecule has 2 aliphatic heterocycles. The van der Waals surface area contributed by atoms with E-state index in [4.69, 9.17) is 10.8 Å². The fraction of sp³-hybridized carbons (Fsp3) is 0.308. The quantitative estimate of drug-likeness (QED) is 0.0723. The third-order valence-electron chi connectivity index (χ3n) is 6.88. The number of carboxylic acid groups (broad SMARTS) is 1. The molecule has 2 aromatic heterocycles. The minimum Gasteiger partial charge on any atom is -0.508 e. The number of aromatic hydroxyl groups is 1. The number of aliphatic hydroxyl groups excluding tert-OH is 1. The highest BCUT2D eigenvalue weighted by molar-refractivity contribution is 8.01. The maximum absolute atomic E-state index is 13.9. The number of primary amides is 1. The Morgan fingerprint density at radius 1 is 1.22 bits per heavy atom. The number of H-pyrrole nitrogens is 1. The number of carbonyl (C=O) groups is 4. The van der Waals surface area contributed by atoms with Gasteiger partial charge in [0.1, 0.15) is 40.9 Å². The van der Waals surface area contributed by atoms with Crippen molar-refractivity contribution in [1.29, 1.82) is 0 Å². The van der Waals surface area contributed by atoms with Gasteiger partial charge in [0.25, 0.3) is 11.5 Å². The number of urea groups is 1. The third-order valence-corrected chi connectivity index (χ3v) is 10.1. The van der Waals surface area contributed by atoms with Crippen molar-refractivity contribution in [3.8, 4) is 5.75 Å². The number of aromatic amines is 1. The molecular formula is C26H27N9O8S3. The van der Waals surface area contributed by atoms with Crippen LogP contribution in [0.4, 0.5) is 16.4 Å². The second kappa shape index (κ2) is 14.2. The van der Waals surface area contributed by atoms with Crippen molar-refractivity contribution >= 4 is 70.5 Å². The van der Waals surface area contributed by atoms with Gasteiger partial charge >= 0.3 is 12.0 Å². The summed E-state index contributed by atoms with van der Waals surface area (Å²) in [5, 5.41) is 33.5. The molecule has 0 spiro atoms. The van der Waals surface area contributed by atoms with Crippen molar-refractivity contribution in [2.75, 3.05) is 34.9 Å². The Morgan fingerprint density at radius 3 is 2.61 bits per heavy atom. The van der Waals surface area contributed by atoms with Gasteiger partial charge in [0, 0.05) is 24.7 Å². The van der Waals surface area contributed by atoms with Gasteiger partial charge in [-0.05, 0) is 41.2 Å².